The number of carbonyl (C=O) groups is 1. The van der Waals surface area contributed by atoms with E-state index in [9.17, 15) is 4.79 Å². The molecule has 0 heterocycles. The second kappa shape index (κ2) is 6.03. The summed E-state index contributed by atoms with van der Waals surface area (Å²) < 4.78 is 15.5. The molecule has 5 heteroatoms. The van der Waals surface area contributed by atoms with Crippen LogP contribution in [0.4, 0.5) is 4.79 Å². The monoisotopic (exact) mass is 279 g/mol. The smallest absolute Gasteiger partial charge is 0.407 e. The molecule has 1 amide bonds. The Morgan fingerprint density at radius 3 is 2.50 bits per heavy atom. The maximum absolute atomic E-state index is 11.4. The standard InChI is InChI=1S/C15H21NO4/c1-4-20-14(17)16-10-15(7-8-15)11-5-6-12(18-2)13(9-11)19-3/h5-6,9H,4,7-8,10H2,1-3H3,(H,16,17). The molecule has 0 aliphatic heterocycles. The van der Waals surface area contributed by atoms with Crippen LogP contribution in [0, 0.1) is 0 Å². The highest BCUT2D eigenvalue weighted by molar-refractivity contribution is 5.67. The van der Waals surface area contributed by atoms with Crippen LogP contribution in [0.15, 0.2) is 18.2 Å². The zero-order chi connectivity index (χ0) is 14.6. The third kappa shape index (κ3) is 2.98. The average Bonchev–Trinajstić information content (AvgIpc) is 3.26. The van der Waals surface area contributed by atoms with Crippen molar-refractivity contribution in [1.29, 1.82) is 0 Å². The molecule has 0 saturated heterocycles. The van der Waals surface area contributed by atoms with Crippen LogP contribution in [0.3, 0.4) is 0 Å². The minimum absolute atomic E-state index is 0.00626. The Hall–Kier alpha value is -1.91. The highest BCUT2D eigenvalue weighted by Gasteiger charge is 2.44. The molecule has 1 N–H and O–H groups in total. The van der Waals surface area contributed by atoms with Gasteiger partial charge in [0.1, 0.15) is 0 Å². The summed E-state index contributed by atoms with van der Waals surface area (Å²) in [6, 6.07) is 5.92. The van der Waals surface area contributed by atoms with E-state index < -0.39 is 0 Å². The Morgan fingerprint density at radius 2 is 1.95 bits per heavy atom. The molecule has 110 valence electrons. The summed E-state index contributed by atoms with van der Waals surface area (Å²) in [5.74, 6) is 1.43. The summed E-state index contributed by atoms with van der Waals surface area (Å²) in [6.45, 7) is 2.76. The Kier molecular flexibility index (Phi) is 4.37. The van der Waals surface area contributed by atoms with E-state index >= 15 is 0 Å². The second-order valence-electron chi connectivity index (χ2n) is 4.92. The van der Waals surface area contributed by atoms with Gasteiger partial charge in [0.25, 0.3) is 0 Å². The number of alkyl carbamates (subject to hydrolysis) is 1. The molecule has 1 aromatic carbocycles. The van der Waals surface area contributed by atoms with Crippen molar-refractivity contribution in [2.75, 3.05) is 27.4 Å². The van der Waals surface area contributed by atoms with Crippen molar-refractivity contribution in [3.05, 3.63) is 23.8 Å². The molecule has 1 aliphatic rings. The van der Waals surface area contributed by atoms with Crippen molar-refractivity contribution in [1.82, 2.24) is 5.32 Å². The lowest BCUT2D eigenvalue weighted by atomic mass is 9.95. The fourth-order valence-corrected chi connectivity index (χ4v) is 2.31. The van der Waals surface area contributed by atoms with E-state index in [1.807, 2.05) is 18.2 Å². The summed E-state index contributed by atoms with van der Waals surface area (Å²) in [6.07, 6.45) is 1.74. The molecule has 1 aliphatic carbocycles. The SMILES string of the molecule is CCOC(=O)NCC1(c2ccc(OC)c(OC)c2)CC1. The Balaban J connectivity index is 2.08. The molecule has 0 spiro atoms. The number of hydrogen-bond donors (Lipinski definition) is 1. The number of ether oxygens (including phenoxy) is 3. The minimum Gasteiger partial charge on any atom is -0.493 e. The summed E-state index contributed by atoms with van der Waals surface area (Å²) in [7, 11) is 3.24. The van der Waals surface area contributed by atoms with Gasteiger partial charge in [0.05, 0.1) is 20.8 Å². The third-order valence-corrected chi connectivity index (χ3v) is 3.70. The summed E-state index contributed by atoms with van der Waals surface area (Å²) in [5.41, 5.74) is 1.17. The number of hydrogen-bond acceptors (Lipinski definition) is 4. The second-order valence-corrected chi connectivity index (χ2v) is 4.92. The van der Waals surface area contributed by atoms with E-state index in [2.05, 4.69) is 5.32 Å². The predicted molar refractivity (Wildman–Crippen MR) is 75.5 cm³/mol. The van der Waals surface area contributed by atoms with Crippen LogP contribution in [0.25, 0.3) is 0 Å². The molecular formula is C15H21NO4. The largest absolute Gasteiger partial charge is 0.493 e. The van der Waals surface area contributed by atoms with E-state index in [1.54, 1.807) is 21.1 Å². The van der Waals surface area contributed by atoms with Gasteiger partial charge in [0.2, 0.25) is 0 Å². The highest BCUT2D eigenvalue weighted by Crippen LogP contribution is 2.49. The molecule has 1 aromatic rings. The number of nitrogens with one attached hydrogen (secondary N) is 1. The normalized spacial score (nSPS) is 15.3. The van der Waals surface area contributed by atoms with Gasteiger partial charge in [-0.2, -0.15) is 0 Å². The van der Waals surface area contributed by atoms with Crippen molar-refractivity contribution in [2.24, 2.45) is 0 Å². The van der Waals surface area contributed by atoms with Gasteiger partial charge in [-0.25, -0.2) is 4.79 Å². The van der Waals surface area contributed by atoms with Crippen LogP contribution in [-0.2, 0) is 10.2 Å². The summed E-state index contributed by atoms with van der Waals surface area (Å²) in [4.78, 5) is 11.4. The first-order valence-electron chi connectivity index (χ1n) is 6.78. The van der Waals surface area contributed by atoms with Gasteiger partial charge in [0, 0.05) is 12.0 Å². The van der Waals surface area contributed by atoms with Crippen molar-refractivity contribution in [2.45, 2.75) is 25.2 Å². The first kappa shape index (κ1) is 14.5. The van der Waals surface area contributed by atoms with E-state index in [4.69, 9.17) is 14.2 Å². The van der Waals surface area contributed by atoms with Gasteiger partial charge in [-0.05, 0) is 37.5 Å². The predicted octanol–water partition coefficient (Wildman–Crippen LogP) is 2.48. The Morgan fingerprint density at radius 1 is 1.25 bits per heavy atom. The molecule has 0 bridgehead atoms. The average molecular weight is 279 g/mol. The number of methoxy groups -OCH3 is 2. The topological polar surface area (TPSA) is 56.8 Å². The molecule has 5 nitrogen and oxygen atoms in total. The Bertz CT molecular complexity index is 483. The van der Waals surface area contributed by atoms with Gasteiger partial charge in [0.15, 0.2) is 11.5 Å². The number of amides is 1. The fourth-order valence-electron chi connectivity index (χ4n) is 2.31. The van der Waals surface area contributed by atoms with Crippen LogP contribution >= 0.6 is 0 Å². The quantitative estimate of drug-likeness (QED) is 0.869. The van der Waals surface area contributed by atoms with Crippen LogP contribution in [0.2, 0.25) is 0 Å². The highest BCUT2D eigenvalue weighted by atomic mass is 16.5. The van der Waals surface area contributed by atoms with Crippen molar-refractivity contribution >= 4 is 6.09 Å². The third-order valence-electron chi connectivity index (χ3n) is 3.70. The maximum Gasteiger partial charge on any atom is 0.407 e. The lowest BCUT2D eigenvalue weighted by Crippen LogP contribution is -2.32. The van der Waals surface area contributed by atoms with Crippen LogP contribution < -0.4 is 14.8 Å². The lowest BCUT2D eigenvalue weighted by Gasteiger charge is -2.18. The van der Waals surface area contributed by atoms with Crippen LogP contribution in [0.1, 0.15) is 25.3 Å². The Labute approximate surface area is 119 Å². The van der Waals surface area contributed by atoms with E-state index in [-0.39, 0.29) is 11.5 Å². The number of benzene rings is 1. The summed E-state index contributed by atoms with van der Waals surface area (Å²) in [5, 5.41) is 2.82. The molecule has 1 fully saturated rings. The molecule has 20 heavy (non-hydrogen) atoms. The van der Waals surface area contributed by atoms with Crippen LogP contribution in [0.5, 0.6) is 11.5 Å². The van der Waals surface area contributed by atoms with E-state index in [1.165, 1.54) is 0 Å². The zero-order valence-electron chi connectivity index (χ0n) is 12.2. The molecule has 0 radical (unpaired) electrons. The maximum atomic E-state index is 11.4. The first-order chi connectivity index (χ1) is 9.65. The molecule has 1 saturated carbocycles. The number of rotatable bonds is 6. The lowest BCUT2D eigenvalue weighted by molar-refractivity contribution is 0.151. The van der Waals surface area contributed by atoms with Crippen molar-refractivity contribution in [3.8, 4) is 11.5 Å². The first-order valence-corrected chi connectivity index (χ1v) is 6.78. The van der Waals surface area contributed by atoms with Gasteiger partial charge < -0.3 is 19.5 Å². The van der Waals surface area contributed by atoms with Gasteiger partial charge in [-0.1, -0.05) is 6.07 Å². The summed E-state index contributed by atoms with van der Waals surface area (Å²) >= 11 is 0. The zero-order valence-corrected chi connectivity index (χ0v) is 12.2. The number of carbonyl (C=O) groups excluding carboxylic acids is 1. The molecular weight excluding hydrogens is 258 g/mol. The minimum atomic E-state index is -0.362. The van der Waals surface area contributed by atoms with Crippen molar-refractivity contribution < 1.29 is 19.0 Å². The van der Waals surface area contributed by atoms with Crippen molar-refractivity contribution in [3.63, 3.8) is 0 Å². The van der Waals surface area contributed by atoms with E-state index in [0.717, 1.165) is 18.4 Å². The van der Waals surface area contributed by atoms with Gasteiger partial charge in [-0.15, -0.1) is 0 Å². The van der Waals surface area contributed by atoms with Crippen LogP contribution in [-0.4, -0.2) is 33.5 Å². The molecule has 0 aromatic heterocycles. The van der Waals surface area contributed by atoms with E-state index in [0.29, 0.717) is 24.7 Å². The fraction of sp³-hybridized carbons (Fsp3) is 0.533. The molecule has 2 rings (SSSR count). The van der Waals surface area contributed by atoms with Gasteiger partial charge >= 0.3 is 6.09 Å². The molecule has 0 unspecified atom stereocenters. The molecule has 0 atom stereocenters. The van der Waals surface area contributed by atoms with Gasteiger partial charge in [-0.3, -0.25) is 0 Å².